The lowest BCUT2D eigenvalue weighted by Crippen LogP contribution is -2.30. The number of amidine groups is 1. The van der Waals surface area contributed by atoms with Crippen molar-refractivity contribution in [3.8, 4) is 22.1 Å². The number of hydrogen-bond acceptors (Lipinski definition) is 8. The van der Waals surface area contributed by atoms with E-state index in [-0.39, 0.29) is 12.4 Å². The van der Waals surface area contributed by atoms with E-state index in [1.807, 2.05) is 47.3 Å². The van der Waals surface area contributed by atoms with Crippen LogP contribution in [-0.2, 0) is 13.2 Å². The van der Waals surface area contributed by atoms with Crippen LogP contribution in [0, 0.1) is 0 Å². The van der Waals surface area contributed by atoms with E-state index in [1.54, 1.807) is 18.4 Å². The Morgan fingerprint density at radius 1 is 1.00 bits per heavy atom. The molecule has 0 saturated carbocycles. The average molecular weight is 547 g/mol. The van der Waals surface area contributed by atoms with E-state index in [0.717, 1.165) is 57.4 Å². The number of fused-ring (bicyclic) bond motifs is 1. The van der Waals surface area contributed by atoms with Gasteiger partial charge in [-0.25, -0.2) is 9.67 Å². The highest BCUT2D eigenvalue weighted by molar-refractivity contribution is 7.21. The fourth-order valence-corrected chi connectivity index (χ4v) is 5.25. The number of methoxy groups -OCH3 is 1. The smallest absolute Gasteiger partial charge is 0.161 e. The first-order valence-electron chi connectivity index (χ1n) is 12.2. The largest absolute Gasteiger partial charge is 0.493 e. The van der Waals surface area contributed by atoms with Gasteiger partial charge >= 0.3 is 0 Å². The summed E-state index contributed by atoms with van der Waals surface area (Å²) in [6.45, 7) is 2.80. The Labute approximate surface area is 230 Å². The summed E-state index contributed by atoms with van der Waals surface area (Å²) in [5, 5.41) is 12.8. The van der Waals surface area contributed by atoms with E-state index in [9.17, 15) is 0 Å². The van der Waals surface area contributed by atoms with Gasteiger partial charge in [0.15, 0.2) is 11.5 Å². The Kier molecular flexibility index (Phi) is 7.86. The van der Waals surface area contributed by atoms with Gasteiger partial charge in [-0.05, 0) is 48.4 Å². The molecule has 8 nitrogen and oxygen atoms in total. The van der Waals surface area contributed by atoms with E-state index in [1.165, 1.54) is 5.56 Å². The molecule has 1 aliphatic heterocycles. The van der Waals surface area contributed by atoms with Crippen molar-refractivity contribution in [3.63, 3.8) is 0 Å². The number of thiazole rings is 1. The van der Waals surface area contributed by atoms with Crippen molar-refractivity contribution in [3.05, 3.63) is 89.7 Å². The summed E-state index contributed by atoms with van der Waals surface area (Å²) in [7, 11) is 1.64. The number of nitrogens with one attached hydrogen (secondary N) is 1. The van der Waals surface area contributed by atoms with Crippen molar-refractivity contribution in [1.82, 2.24) is 25.3 Å². The van der Waals surface area contributed by atoms with Gasteiger partial charge in [0.2, 0.25) is 0 Å². The summed E-state index contributed by atoms with van der Waals surface area (Å²) in [6, 6.07) is 22.4. The second kappa shape index (κ2) is 11.6. The highest BCUT2D eigenvalue weighted by Crippen LogP contribution is 2.36. The summed E-state index contributed by atoms with van der Waals surface area (Å²) in [5.74, 6) is 2.26. The third-order valence-electron chi connectivity index (χ3n) is 6.12. The normalized spacial score (nSPS) is 12.9. The van der Waals surface area contributed by atoms with Gasteiger partial charge in [0, 0.05) is 24.2 Å². The molecule has 10 heteroatoms. The van der Waals surface area contributed by atoms with Gasteiger partial charge in [0.1, 0.15) is 23.1 Å². The number of halogens is 1. The molecule has 0 saturated heterocycles. The average Bonchev–Trinajstić information content (AvgIpc) is 3.59. The van der Waals surface area contributed by atoms with E-state index in [4.69, 9.17) is 14.5 Å². The van der Waals surface area contributed by atoms with Crippen LogP contribution >= 0.6 is 23.7 Å². The fourth-order valence-electron chi connectivity index (χ4n) is 4.25. The van der Waals surface area contributed by atoms with Crippen molar-refractivity contribution >= 4 is 39.8 Å². The third kappa shape index (κ3) is 5.64. The van der Waals surface area contributed by atoms with E-state index >= 15 is 0 Å². The van der Waals surface area contributed by atoms with Crippen molar-refractivity contribution in [2.24, 2.45) is 4.99 Å². The lowest BCUT2D eigenvalue weighted by atomic mass is 10.1. The van der Waals surface area contributed by atoms with Crippen molar-refractivity contribution in [2.45, 2.75) is 19.6 Å². The number of nitrogens with zero attached hydrogens (tertiary/aromatic N) is 5. The number of aliphatic imine (C=N–C) groups is 1. The summed E-state index contributed by atoms with van der Waals surface area (Å²) < 4.78 is 14.6. The van der Waals surface area contributed by atoms with Crippen LogP contribution in [0.2, 0.25) is 0 Å². The van der Waals surface area contributed by atoms with Gasteiger partial charge < -0.3 is 14.8 Å². The number of benzene rings is 3. The molecule has 0 fully saturated rings. The molecule has 1 aliphatic rings. The third-order valence-corrected chi connectivity index (χ3v) is 7.19. The Balaban J connectivity index is 0.00000294. The van der Waals surface area contributed by atoms with E-state index in [2.05, 4.69) is 51.0 Å². The molecule has 38 heavy (non-hydrogen) atoms. The minimum Gasteiger partial charge on any atom is -0.493 e. The standard InChI is InChI=1S/C28H26N6O2S.ClH/c1-35-25-14-21(28-31-23-10-8-20(15-26(23)37-28)27-29-12-5-13-30-27)9-11-24(25)36-18-22-17-34(33-32-22)16-19-6-3-2-4-7-19;/h2-4,6-11,14-15,17H,5,12-13,16,18H2,1H3,(H,29,30);1H. The molecule has 0 atom stereocenters. The van der Waals surface area contributed by atoms with Crippen LogP contribution in [0.25, 0.3) is 20.8 Å². The Morgan fingerprint density at radius 2 is 1.87 bits per heavy atom. The van der Waals surface area contributed by atoms with Gasteiger partial charge in [0.25, 0.3) is 0 Å². The molecule has 5 aromatic rings. The summed E-state index contributed by atoms with van der Waals surface area (Å²) >= 11 is 1.66. The molecule has 0 amide bonds. The molecule has 3 aromatic carbocycles. The zero-order valence-electron chi connectivity index (χ0n) is 20.8. The number of ether oxygens (including phenoxy) is 2. The van der Waals surface area contributed by atoms with Crippen LogP contribution in [0.4, 0.5) is 0 Å². The van der Waals surface area contributed by atoms with Crippen LogP contribution in [0.15, 0.2) is 77.9 Å². The molecule has 0 spiro atoms. The molecule has 0 aliphatic carbocycles. The molecule has 0 unspecified atom stereocenters. The van der Waals surface area contributed by atoms with E-state index in [0.29, 0.717) is 24.7 Å². The second-order valence-corrected chi connectivity index (χ2v) is 9.79. The van der Waals surface area contributed by atoms with Gasteiger partial charge in [-0.15, -0.1) is 28.8 Å². The predicted octanol–water partition coefficient (Wildman–Crippen LogP) is 5.35. The molecule has 0 radical (unpaired) electrons. The summed E-state index contributed by atoms with van der Waals surface area (Å²) in [5.41, 5.74) is 4.97. The maximum atomic E-state index is 6.03. The molecule has 3 heterocycles. The van der Waals surface area contributed by atoms with Gasteiger partial charge in [-0.3, -0.25) is 4.99 Å². The Morgan fingerprint density at radius 3 is 2.68 bits per heavy atom. The maximum Gasteiger partial charge on any atom is 0.161 e. The van der Waals surface area contributed by atoms with Gasteiger partial charge in [-0.1, -0.05) is 35.5 Å². The zero-order chi connectivity index (χ0) is 25.0. The van der Waals surface area contributed by atoms with Crippen LogP contribution in [-0.4, -0.2) is 46.0 Å². The van der Waals surface area contributed by atoms with Crippen molar-refractivity contribution in [2.75, 3.05) is 20.2 Å². The summed E-state index contributed by atoms with van der Waals surface area (Å²) in [4.78, 5) is 9.46. The highest BCUT2D eigenvalue weighted by Gasteiger charge is 2.14. The first-order chi connectivity index (χ1) is 18.2. The SMILES string of the molecule is COc1cc(-c2nc3ccc(C4=NCCCN4)cc3s2)ccc1OCc1cn(Cc2ccccc2)nn1.Cl. The second-order valence-electron chi connectivity index (χ2n) is 8.76. The monoisotopic (exact) mass is 546 g/mol. The highest BCUT2D eigenvalue weighted by atomic mass is 35.5. The lowest BCUT2D eigenvalue weighted by Gasteiger charge is -2.14. The van der Waals surface area contributed by atoms with Crippen molar-refractivity contribution < 1.29 is 9.47 Å². The predicted molar refractivity (Wildman–Crippen MR) is 153 cm³/mol. The lowest BCUT2D eigenvalue weighted by molar-refractivity contribution is 0.280. The van der Waals surface area contributed by atoms with Crippen LogP contribution in [0.1, 0.15) is 23.2 Å². The number of aromatic nitrogens is 4. The maximum absolute atomic E-state index is 6.03. The zero-order valence-corrected chi connectivity index (χ0v) is 22.5. The van der Waals surface area contributed by atoms with Crippen LogP contribution in [0.5, 0.6) is 11.5 Å². The first-order valence-corrected chi connectivity index (χ1v) is 13.0. The molecular weight excluding hydrogens is 520 g/mol. The minimum atomic E-state index is 0. The van der Waals surface area contributed by atoms with Crippen LogP contribution < -0.4 is 14.8 Å². The van der Waals surface area contributed by atoms with Crippen LogP contribution in [0.3, 0.4) is 0 Å². The Bertz CT molecular complexity index is 1570. The van der Waals surface area contributed by atoms with Gasteiger partial charge in [-0.2, -0.15) is 0 Å². The molecule has 0 bridgehead atoms. The summed E-state index contributed by atoms with van der Waals surface area (Å²) in [6.07, 6.45) is 2.98. The first kappa shape index (κ1) is 25.7. The molecular formula is C28H27ClN6O2S. The quantitative estimate of drug-likeness (QED) is 0.282. The number of rotatable bonds is 8. The fraction of sp³-hybridized carbons (Fsp3) is 0.214. The molecule has 2 aromatic heterocycles. The molecule has 194 valence electrons. The van der Waals surface area contributed by atoms with E-state index < -0.39 is 0 Å². The van der Waals surface area contributed by atoms with Crippen molar-refractivity contribution in [1.29, 1.82) is 0 Å². The number of hydrogen-bond donors (Lipinski definition) is 1. The van der Waals surface area contributed by atoms with Gasteiger partial charge in [0.05, 0.1) is 30.1 Å². The minimum absolute atomic E-state index is 0. The molecule has 6 rings (SSSR count). The molecule has 1 N–H and O–H groups in total. The topological polar surface area (TPSA) is 86.5 Å². The Hall–Kier alpha value is -3.95.